The normalized spacial score (nSPS) is 10.3. The van der Waals surface area contributed by atoms with Crippen LogP contribution in [0.25, 0.3) is 0 Å². The summed E-state index contributed by atoms with van der Waals surface area (Å²) in [5.74, 6) is 0.118. The number of carbonyl (C=O) groups is 1. The third-order valence-electron chi connectivity index (χ3n) is 3.72. The molecule has 0 bridgehead atoms. The van der Waals surface area contributed by atoms with E-state index in [1.165, 1.54) is 11.3 Å². The van der Waals surface area contributed by atoms with Gasteiger partial charge in [0, 0.05) is 36.7 Å². The molecule has 0 saturated heterocycles. The van der Waals surface area contributed by atoms with Crippen LogP contribution in [0.3, 0.4) is 0 Å². The summed E-state index contributed by atoms with van der Waals surface area (Å²) in [7, 11) is 2.07. The third-order valence-corrected chi connectivity index (χ3v) is 4.21. The van der Waals surface area contributed by atoms with Crippen molar-refractivity contribution in [2.45, 2.75) is 19.3 Å². The second-order valence-corrected chi connectivity index (χ2v) is 6.51. The Kier molecular flexibility index (Phi) is 7.14. The third kappa shape index (κ3) is 6.45. The first-order chi connectivity index (χ1) is 11.1. The molecule has 3 nitrogen and oxygen atoms in total. The van der Waals surface area contributed by atoms with E-state index in [1.807, 2.05) is 36.4 Å². The van der Waals surface area contributed by atoms with Crippen molar-refractivity contribution in [1.82, 2.24) is 5.32 Å². The average Bonchev–Trinajstić information content (AvgIpc) is 2.57. The Hall–Kier alpha value is -1.81. The lowest BCUT2D eigenvalue weighted by molar-refractivity contribution is -0.121. The molecule has 0 atom stereocenters. The SMILES string of the molecule is CN(CCCNC(=O)CCc1cccc(Br)c1)c1ccccc1. The summed E-state index contributed by atoms with van der Waals surface area (Å²) in [6.45, 7) is 1.64. The molecule has 2 rings (SSSR count). The lowest BCUT2D eigenvalue weighted by atomic mass is 10.1. The van der Waals surface area contributed by atoms with E-state index in [0.717, 1.165) is 23.9 Å². The van der Waals surface area contributed by atoms with E-state index in [1.54, 1.807) is 0 Å². The number of amides is 1. The molecular weight excluding hydrogens is 352 g/mol. The van der Waals surface area contributed by atoms with Gasteiger partial charge in [0.15, 0.2) is 0 Å². The van der Waals surface area contributed by atoms with Crippen LogP contribution in [0.2, 0.25) is 0 Å². The largest absolute Gasteiger partial charge is 0.375 e. The quantitative estimate of drug-likeness (QED) is 0.707. The molecule has 0 fully saturated rings. The van der Waals surface area contributed by atoms with Crippen LogP contribution in [0.4, 0.5) is 5.69 Å². The van der Waals surface area contributed by atoms with Crippen LogP contribution < -0.4 is 10.2 Å². The molecule has 1 amide bonds. The maximum Gasteiger partial charge on any atom is 0.220 e. The summed E-state index contributed by atoms with van der Waals surface area (Å²) < 4.78 is 1.05. The predicted octanol–water partition coefficient (Wildman–Crippen LogP) is 4.02. The molecular formula is C19H23BrN2O. The van der Waals surface area contributed by atoms with E-state index in [2.05, 4.69) is 51.4 Å². The highest BCUT2D eigenvalue weighted by atomic mass is 79.9. The fourth-order valence-corrected chi connectivity index (χ4v) is 2.84. The van der Waals surface area contributed by atoms with Crippen LogP contribution >= 0.6 is 15.9 Å². The number of benzene rings is 2. The maximum atomic E-state index is 11.9. The molecule has 0 unspecified atom stereocenters. The highest BCUT2D eigenvalue weighted by Gasteiger charge is 2.03. The van der Waals surface area contributed by atoms with Gasteiger partial charge in [-0.25, -0.2) is 0 Å². The molecule has 0 aliphatic rings. The Labute approximate surface area is 146 Å². The first-order valence-corrected chi connectivity index (χ1v) is 8.72. The van der Waals surface area contributed by atoms with Crippen LogP contribution in [-0.2, 0) is 11.2 Å². The number of nitrogens with zero attached hydrogens (tertiary/aromatic N) is 1. The van der Waals surface area contributed by atoms with Gasteiger partial charge in [0.25, 0.3) is 0 Å². The van der Waals surface area contributed by atoms with Crippen molar-refractivity contribution in [3.8, 4) is 0 Å². The van der Waals surface area contributed by atoms with Gasteiger partial charge in [-0.1, -0.05) is 46.3 Å². The van der Waals surface area contributed by atoms with E-state index in [0.29, 0.717) is 13.0 Å². The van der Waals surface area contributed by atoms with E-state index < -0.39 is 0 Å². The first-order valence-electron chi connectivity index (χ1n) is 7.92. The van der Waals surface area contributed by atoms with Gasteiger partial charge in [-0.05, 0) is 42.7 Å². The van der Waals surface area contributed by atoms with Gasteiger partial charge in [0.1, 0.15) is 0 Å². The summed E-state index contributed by atoms with van der Waals surface area (Å²) in [6.07, 6.45) is 2.24. The van der Waals surface area contributed by atoms with E-state index in [-0.39, 0.29) is 5.91 Å². The second kappa shape index (κ2) is 9.36. The summed E-state index contributed by atoms with van der Waals surface area (Å²) >= 11 is 3.45. The van der Waals surface area contributed by atoms with Crippen molar-refractivity contribution in [1.29, 1.82) is 0 Å². The minimum atomic E-state index is 0.118. The van der Waals surface area contributed by atoms with Crippen molar-refractivity contribution in [2.75, 3.05) is 25.0 Å². The zero-order chi connectivity index (χ0) is 16.5. The van der Waals surface area contributed by atoms with Crippen LogP contribution in [-0.4, -0.2) is 26.0 Å². The molecule has 0 aliphatic heterocycles. The number of carbonyl (C=O) groups excluding carboxylic acids is 1. The highest BCUT2D eigenvalue weighted by Crippen LogP contribution is 2.13. The highest BCUT2D eigenvalue weighted by molar-refractivity contribution is 9.10. The second-order valence-electron chi connectivity index (χ2n) is 5.59. The Morgan fingerprint density at radius 2 is 1.91 bits per heavy atom. The summed E-state index contributed by atoms with van der Waals surface area (Å²) in [5, 5.41) is 3.00. The zero-order valence-corrected chi connectivity index (χ0v) is 15.1. The van der Waals surface area contributed by atoms with E-state index in [9.17, 15) is 4.79 Å². The van der Waals surface area contributed by atoms with Gasteiger partial charge < -0.3 is 10.2 Å². The fourth-order valence-electron chi connectivity index (χ4n) is 2.39. The molecule has 0 aromatic heterocycles. The number of hydrogen-bond acceptors (Lipinski definition) is 2. The molecule has 23 heavy (non-hydrogen) atoms. The van der Waals surface area contributed by atoms with Crippen LogP contribution in [0.15, 0.2) is 59.1 Å². The van der Waals surface area contributed by atoms with Gasteiger partial charge in [-0.3, -0.25) is 4.79 Å². The topological polar surface area (TPSA) is 32.3 Å². The molecule has 4 heteroatoms. The zero-order valence-electron chi connectivity index (χ0n) is 13.5. The lowest BCUT2D eigenvalue weighted by Crippen LogP contribution is -2.28. The number of para-hydroxylation sites is 1. The number of hydrogen-bond donors (Lipinski definition) is 1. The van der Waals surface area contributed by atoms with Gasteiger partial charge in [-0.2, -0.15) is 0 Å². The Balaban J connectivity index is 1.61. The van der Waals surface area contributed by atoms with Crippen molar-refractivity contribution in [3.63, 3.8) is 0 Å². The molecule has 2 aromatic rings. The van der Waals surface area contributed by atoms with E-state index in [4.69, 9.17) is 0 Å². The number of halogens is 1. The van der Waals surface area contributed by atoms with Crippen molar-refractivity contribution in [3.05, 3.63) is 64.6 Å². The van der Waals surface area contributed by atoms with Gasteiger partial charge in [0.2, 0.25) is 5.91 Å². The predicted molar refractivity (Wildman–Crippen MR) is 99.8 cm³/mol. The smallest absolute Gasteiger partial charge is 0.220 e. The minimum absolute atomic E-state index is 0.118. The summed E-state index contributed by atoms with van der Waals surface area (Å²) in [5.41, 5.74) is 2.38. The lowest BCUT2D eigenvalue weighted by Gasteiger charge is -2.19. The van der Waals surface area contributed by atoms with Gasteiger partial charge >= 0.3 is 0 Å². The van der Waals surface area contributed by atoms with Gasteiger partial charge in [-0.15, -0.1) is 0 Å². The molecule has 122 valence electrons. The Morgan fingerprint density at radius 3 is 2.65 bits per heavy atom. The molecule has 0 aliphatic carbocycles. The minimum Gasteiger partial charge on any atom is -0.375 e. The monoisotopic (exact) mass is 374 g/mol. The summed E-state index contributed by atoms with van der Waals surface area (Å²) in [6, 6.07) is 18.4. The van der Waals surface area contributed by atoms with E-state index >= 15 is 0 Å². The molecule has 0 saturated carbocycles. The van der Waals surface area contributed by atoms with Crippen molar-refractivity contribution < 1.29 is 4.79 Å². The van der Waals surface area contributed by atoms with Crippen LogP contribution in [0, 0.1) is 0 Å². The maximum absolute atomic E-state index is 11.9. The average molecular weight is 375 g/mol. The van der Waals surface area contributed by atoms with Crippen molar-refractivity contribution in [2.24, 2.45) is 0 Å². The molecule has 0 radical (unpaired) electrons. The van der Waals surface area contributed by atoms with Crippen LogP contribution in [0.1, 0.15) is 18.4 Å². The first kappa shape index (κ1) is 17.5. The Morgan fingerprint density at radius 1 is 1.13 bits per heavy atom. The number of aryl methyl sites for hydroxylation is 1. The van der Waals surface area contributed by atoms with Gasteiger partial charge in [0.05, 0.1) is 0 Å². The standard InChI is InChI=1S/C19H23BrN2O/c1-22(18-9-3-2-4-10-18)14-6-13-21-19(23)12-11-16-7-5-8-17(20)15-16/h2-5,7-10,15H,6,11-14H2,1H3,(H,21,23). The number of anilines is 1. The number of nitrogens with one attached hydrogen (secondary N) is 1. The fraction of sp³-hybridized carbons (Fsp3) is 0.316. The summed E-state index contributed by atoms with van der Waals surface area (Å²) in [4.78, 5) is 14.1. The molecule has 1 N–H and O–H groups in total. The molecule has 0 heterocycles. The van der Waals surface area contributed by atoms with Crippen molar-refractivity contribution >= 4 is 27.5 Å². The molecule has 2 aromatic carbocycles. The number of rotatable bonds is 8. The Bertz CT molecular complexity index is 616. The van der Waals surface area contributed by atoms with Crippen LogP contribution in [0.5, 0.6) is 0 Å². The molecule has 0 spiro atoms.